The number of carbonyl (C=O) groups is 1. The maximum Gasteiger partial charge on any atom is 1.00 e. The maximum atomic E-state index is 12.7. The maximum absolute atomic E-state index is 12.7. The molecule has 0 spiro atoms. The van der Waals surface area contributed by atoms with E-state index in [9.17, 15) is 40.9 Å². The van der Waals surface area contributed by atoms with Crippen LogP contribution < -0.4 is 68.6 Å². The van der Waals surface area contributed by atoms with Crippen LogP contribution in [0, 0.1) is 0 Å². The molecule has 4 N–H and O–H groups in total. The zero-order chi connectivity index (χ0) is 21.4. The predicted octanol–water partition coefficient (Wildman–Crippen LogP) is -5.15. The van der Waals surface area contributed by atoms with Crippen LogP contribution in [-0.2, 0) is 20.2 Å². The van der Waals surface area contributed by atoms with Crippen molar-refractivity contribution in [3.05, 3.63) is 35.4 Å². The molecule has 11 nitrogen and oxygen atoms in total. The van der Waals surface area contributed by atoms with Gasteiger partial charge in [-0.25, -0.2) is 0 Å². The van der Waals surface area contributed by atoms with E-state index in [2.05, 4.69) is 0 Å². The van der Waals surface area contributed by atoms with Crippen LogP contribution in [0.1, 0.15) is 15.9 Å². The number of hydrogen-bond donors (Lipinski definition) is 4. The Labute approximate surface area is 216 Å². The average Bonchev–Trinajstić information content (AvgIpc) is 2.58. The number of benzene rings is 2. The minimum Gasteiger partial charge on any atom is -0.507 e. The SMILES string of the molecule is COc1cc(O)c(C(=O)c2cc(S(=O)(=O)O)c(OC)cc2O)cc1S(=O)(=O)O.[Na+].[Na+]. The largest absolute Gasteiger partial charge is 1.00 e. The molecule has 2 rings (SSSR count). The number of ketones is 1. The molecule has 2 aromatic carbocycles. The minimum absolute atomic E-state index is 0. The Morgan fingerprint density at radius 3 is 1.27 bits per heavy atom. The van der Waals surface area contributed by atoms with Gasteiger partial charge in [-0.1, -0.05) is 0 Å². The molecule has 30 heavy (non-hydrogen) atoms. The fraction of sp³-hybridized carbons (Fsp3) is 0.133. The van der Waals surface area contributed by atoms with E-state index in [0.717, 1.165) is 26.4 Å². The Kier molecular flexibility index (Phi) is 10.3. The summed E-state index contributed by atoms with van der Waals surface area (Å²) < 4.78 is 73.9. The molecule has 152 valence electrons. The van der Waals surface area contributed by atoms with Crippen LogP contribution in [0.4, 0.5) is 0 Å². The van der Waals surface area contributed by atoms with Crippen molar-refractivity contribution in [1.29, 1.82) is 0 Å². The van der Waals surface area contributed by atoms with Gasteiger partial charge in [-0.05, 0) is 12.1 Å². The zero-order valence-electron chi connectivity index (χ0n) is 16.3. The van der Waals surface area contributed by atoms with E-state index in [1.807, 2.05) is 0 Å². The first-order valence-corrected chi connectivity index (χ1v) is 10.0. The molecule has 0 fully saturated rings. The van der Waals surface area contributed by atoms with Crippen molar-refractivity contribution in [2.45, 2.75) is 9.79 Å². The number of phenols is 2. The molecule has 0 aliphatic rings. The number of hydrogen-bond acceptors (Lipinski definition) is 9. The van der Waals surface area contributed by atoms with E-state index in [1.54, 1.807) is 0 Å². The molecule has 0 heterocycles. The Morgan fingerprint density at radius 2 is 1.03 bits per heavy atom. The number of methoxy groups -OCH3 is 2. The molecule has 0 unspecified atom stereocenters. The fourth-order valence-electron chi connectivity index (χ4n) is 2.33. The van der Waals surface area contributed by atoms with Crippen LogP contribution in [0.25, 0.3) is 0 Å². The van der Waals surface area contributed by atoms with Crippen molar-refractivity contribution in [1.82, 2.24) is 0 Å². The second kappa shape index (κ2) is 10.6. The Morgan fingerprint density at radius 1 is 0.733 bits per heavy atom. The summed E-state index contributed by atoms with van der Waals surface area (Å²) in [6.45, 7) is 0. The number of aromatic hydroxyl groups is 2. The summed E-state index contributed by atoms with van der Waals surface area (Å²) in [6, 6.07) is 2.65. The average molecular weight is 480 g/mol. The van der Waals surface area contributed by atoms with Crippen molar-refractivity contribution in [3.63, 3.8) is 0 Å². The van der Waals surface area contributed by atoms with Crippen molar-refractivity contribution in [2.75, 3.05) is 14.2 Å². The smallest absolute Gasteiger partial charge is 0.507 e. The first-order chi connectivity index (χ1) is 12.8. The first-order valence-electron chi connectivity index (χ1n) is 7.13. The van der Waals surface area contributed by atoms with Crippen LogP contribution in [0.5, 0.6) is 23.0 Å². The Balaban J connectivity index is 0.00000420. The van der Waals surface area contributed by atoms with Gasteiger partial charge in [0.2, 0.25) is 5.78 Å². The topological polar surface area (TPSA) is 185 Å². The van der Waals surface area contributed by atoms with E-state index in [-0.39, 0.29) is 59.1 Å². The van der Waals surface area contributed by atoms with E-state index in [1.165, 1.54) is 0 Å². The molecular formula is C15H14Na2O11S2+2. The van der Waals surface area contributed by atoms with Gasteiger partial charge in [-0.2, -0.15) is 16.8 Å². The van der Waals surface area contributed by atoms with E-state index < -0.39 is 69.9 Å². The molecule has 0 aliphatic heterocycles. The molecule has 0 amide bonds. The van der Waals surface area contributed by atoms with Gasteiger partial charge >= 0.3 is 59.1 Å². The van der Waals surface area contributed by atoms with Gasteiger partial charge in [-0.15, -0.1) is 0 Å². The fourth-order valence-corrected chi connectivity index (χ4v) is 3.66. The zero-order valence-corrected chi connectivity index (χ0v) is 21.9. The summed E-state index contributed by atoms with van der Waals surface area (Å²) >= 11 is 0. The van der Waals surface area contributed by atoms with Crippen LogP contribution >= 0.6 is 0 Å². The van der Waals surface area contributed by atoms with Crippen LogP contribution in [0.3, 0.4) is 0 Å². The van der Waals surface area contributed by atoms with Crippen molar-refractivity contribution < 1.29 is 110 Å². The molecule has 0 bridgehead atoms. The van der Waals surface area contributed by atoms with Crippen LogP contribution in [0.2, 0.25) is 0 Å². The van der Waals surface area contributed by atoms with E-state index in [0.29, 0.717) is 12.1 Å². The molecule has 0 atom stereocenters. The van der Waals surface area contributed by atoms with Crippen molar-refractivity contribution in [3.8, 4) is 23.0 Å². The molecule has 0 aromatic heterocycles. The summed E-state index contributed by atoms with van der Waals surface area (Å²) in [7, 11) is -7.61. The third-order valence-electron chi connectivity index (χ3n) is 3.61. The van der Waals surface area contributed by atoms with Gasteiger partial charge in [0.25, 0.3) is 20.2 Å². The van der Waals surface area contributed by atoms with Crippen LogP contribution in [0.15, 0.2) is 34.1 Å². The van der Waals surface area contributed by atoms with E-state index >= 15 is 0 Å². The molecule has 0 aliphatic carbocycles. The van der Waals surface area contributed by atoms with Gasteiger partial charge < -0.3 is 19.7 Å². The minimum atomic E-state index is -4.86. The first kappa shape index (κ1) is 29.1. The van der Waals surface area contributed by atoms with Crippen LogP contribution in [-0.4, -0.2) is 56.2 Å². The Hall–Kier alpha value is -0.870. The van der Waals surface area contributed by atoms with Gasteiger partial charge in [0, 0.05) is 12.1 Å². The molecule has 15 heteroatoms. The number of carbonyl (C=O) groups excluding carboxylic acids is 1. The third-order valence-corrected chi connectivity index (χ3v) is 5.36. The van der Waals surface area contributed by atoms with Gasteiger partial charge in [0.1, 0.15) is 32.8 Å². The standard InChI is InChI=1S/C15H14O11S2.2Na/c1-25-11-5-9(16)7(3-13(11)27(19,20)21)15(18)8-4-14(28(22,23)24)12(26-2)6-10(8)17;;/h3-6,16-17H,1-2H3,(H,19,20,21)(H,22,23,24);;/q;2*+1. The van der Waals surface area contributed by atoms with E-state index in [4.69, 9.17) is 9.47 Å². The quantitative estimate of drug-likeness (QED) is 0.176. The summed E-state index contributed by atoms with van der Waals surface area (Å²) in [6.07, 6.45) is 0. The summed E-state index contributed by atoms with van der Waals surface area (Å²) in [5.41, 5.74) is -1.40. The van der Waals surface area contributed by atoms with Gasteiger partial charge in [-0.3, -0.25) is 13.9 Å². The predicted molar refractivity (Wildman–Crippen MR) is 92.4 cm³/mol. The van der Waals surface area contributed by atoms with Gasteiger partial charge in [0.15, 0.2) is 0 Å². The monoisotopic (exact) mass is 480 g/mol. The van der Waals surface area contributed by atoms with Gasteiger partial charge in [0.05, 0.1) is 25.3 Å². The molecule has 2 aromatic rings. The molecular weight excluding hydrogens is 466 g/mol. The third kappa shape index (κ3) is 6.09. The second-order valence-corrected chi connectivity index (χ2v) is 8.10. The number of phenolic OH excluding ortho intramolecular Hbond substituents is 2. The summed E-state index contributed by atoms with van der Waals surface area (Å²) in [5.74, 6) is -3.70. The molecule has 0 radical (unpaired) electrons. The second-order valence-electron chi connectivity index (χ2n) is 5.32. The summed E-state index contributed by atoms with van der Waals surface area (Å²) in [4.78, 5) is 11.0. The Bertz CT molecular complexity index is 1080. The van der Waals surface area contributed by atoms with Crippen molar-refractivity contribution >= 4 is 26.0 Å². The molecule has 0 saturated heterocycles. The normalized spacial score (nSPS) is 11.1. The summed E-state index contributed by atoms with van der Waals surface area (Å²) in [5, 5.41) is 20.0. The number of rotatable bonds is 6. The molecule has 0 saturated carbocycles. The number of ether oxygens (including phenoxy) is 2. The van der Waals surface area contributed by atoms with Crippen molar-refractivity contribution in [2.24, 2.45) is 0 Å².